The van der Waals surface area contributed by atoms with E-state index in [2.05, 4.69) is 11.7 Å². The van der Waals surface area contributed by atoms with Crippen LogP contribution in [-0.2, 0) is 7.05 Å². The SMILES string of the molecule is C=CCOc1c(C)nn(C)c1C. The Morgan fingerprint density at radius 2 is 2.25 bits per heavy atom. The standard InChI is InChI=1S/C9H14N2O/c1-5-6-12-9-7(2)10-11(4)8(9)3/h5H,1,6H2,2-4H3. The molecule has 0 aliphatic carbocycles. The fraction of sp³-hybridized carbons (Fsp3) is 0.444. The van der Waals surface area contributed by atoms with Crippen molar-refractivity contribution in [2.24, 2.45) is 7.05 Å². The molecule has 0 amide bonds. The van der Waals surface area contributed by atoms with E-state index in [9.17, 15) is 0 Å². The van der Waals surface area contributed by atoms with Gasteiger partial charge in [0.05, 0.1) is 5.69 Å². The van der Waals surface area contributed by atoms with Crippen LogP contribution in [0.3, 0.4) is 0 Å². The maximum Gasteiger partial charge on any atom is 0.163 e. The Labute approximate surface area is 72.7 Å². The molecule has 1 aromatic rings. The average Bonchev–Trinajstić information content (AvgIpc) is 2.25. The molecule has 0 aromatic carbocycles. The Bertz CT molecular complexity index is 289. The first kappa shape index (κ1) is 8.84. The highest BCUT2D eigenvalue weighted by Crippen LogP contribution is 2.20. The van der Waals surface area contributed by atoms with Crippen LogP contribution in [0.4, 0.5) is 0 Å². The van der Waals surface area contributed by atoms with E-state index < -0.39 is 0 Å². The quantitative estimate of drug-likeness (QED) is 0.638. The first-order valence-corrected chi connectivity index (χ1v) is 3.90. The predicted molar refractivity (Wildman–Crippen MR) is 48.4 cm³/mol. The minimum Gasteiger partial charge on any atom is -0.486 e. The Kier molecular flexibility index (Phi) is 2.53. The Morgan fingerprint density at radius 3 is 2.67 bits per heavy atom. The summed E-state index contributed by atoms with van der Waals surface area (Å²) in [7, 11) is 1.91. The van der Waals surface area contributed by atoms with E-state index in [4.69, 9.17) is 4.74 Å². The van der Waals surface area contributed by atoms with Crippen molar-refractivity contribution in [3.8, 4) is 5.75 Å². The first-order chi connectivity index (χ1) is 5.66. The normalized spacial score (nSPS) is 9.92. The summed E-state index contributed by atoms with van der Waals surface area (Å²) in [4.78, 5) is 0. The van der Waals surface area contributed by atoms with E-state index in [-0.39, 0.29) is 0 Å². The van der Waals surface area contributed by atoms with E-state index >= 15 is 0 Å². The molecule has 0 aliphatic rings. The number of hydrogen-bond donors (Lipinski definition) is 0. The third kappa shape index (κ3) is 1.49. The van der Waals surface area contributed by atoms with E-state index in [1.165, 1.54) is 0 Å². The summed E-state index contributed by atoms with van der Waals surface area (Å²) in [6.45, 7) is 8.05. The van der Waals surface area contributed by atoms with Crippen LogP contribution in [0.25, 0.3) is 0 Å². The second-order valence-corrected chi connectivity index (χ2v) is 2.72. The van der Waals surface area contributed by atoms with Crippen LogP contribution < -0.4 is 4.74 Å². The third-order valence-electron chi connectivity index (χ3n) is 1.79. The molecule has 1 aromatic heterocycles. The molecule has 0 atom stereocenters. The molecule has 0 bridgehead atoms. The molecule has 0 saturated carbocycles. The van der Waals surface area contributed by atoms with E-state index in [1.54, 1.807) is 6.08 Å². The number of nitrogens with zero attached hydrogens (tertiary/aromatic N) is 2. The van der Waals surface area contributed by atoms with Gasteiger partial charge in [-0.25, -0.2) is 0 Å². The fourth-order valence-electron chi connectivity index (χ4n) is 1.11. The van der Waals surface area contributed by atoms with E-state index in [0.717, 1.165) is 17.1 Å². The van der Waals surface area contributed by atoms with Gasteiger partial charge in [-0.2, -0.15) is 5.10 Å². The van der Waals surface area contributed by atoms with Gasteiger partial charge in [-0.05, 0) is 13.8 Å². The number of hydrogen-bond acceptors (Lipinski definition) is 2. The van der Waals surface area contributed by atoms with Crippen molar-refractivity contribution in [3.05, 3.63) is 24.0 Å². The highest BCUT2D eigenvalue weighted by Gasteiger charge is 2.08. The van der Waals surface area contributed by atoms with Crippen LogP contribution in [0.5, 0.6) is 5.75 Å². The predicted octanol–water partition coefficient (Wildman–Crippen LogP) is 1.60. The van der Waals surface area contributed by atoms with Crippen LogP contribution in [0, 0.1) is 13.8 Å². The maximum atomic E-state index is 5.44. The summed E-state index contributed by atoms with van der Waals surface area (Å²) >= 11 is 0. The van der Waals surface area contributed by atoms with Crippen molar-refractivity contribution < 1.29 is 4.74 Å². The van der Waals surface area contributed by atoms with Crippen molar-refractivity contribution in [2.45, 2.75) is 13.8 Å². The van der Waals surface area contributed by atoms with Crippen molar-refractivity contribution in [3.63, 3.8) is 0 Å². The second-order valence-electron chi connectivity index (χ2n) is 2.72. The lowest BCUT2D eigenvalue weighted by atomic mass is 10.3. The summed E-state index contributed by atoms with van der Waals surface area (Å²) in [5, 5.41) is 4.22. The van der Waals surface area contributed by atoms with Gasteiger partial charge in [-0.15, -0.1) is 0 Å². The Balaban J connectivity index is 2.89. The maximum absolute atomic E-state index is 5.44. The van der Waals surface area contributed by atoms with Gasteiger partial charge in [-0.3, -0.25) is 4.68 Å². The highest BCUT2D eigenvalue weighted by molar-refractivity contribution is 5.31. The molecule has 1 rings (SSSR count). The van der Waals surface area contributed by atoms with Gasteiger partial charge in [0.25, 0.3) is 0 Å². The number of ether oxygens (including phenoxy) is 1. The molecule has 0 N–H and O–H groups in total. The zero-order valence-electron chi connectivity index (χ0n) is 7.79. The zero-order valence-corrected chi connectivity index (χ0v) is 7.79. The lowest BCUT2D eigenvalue weighted by Gasteiger charge is -2.01. The van der Waals surface area contributed by atoms with Crippen molar-refractivity contribution >= 4 is 0 Å². The van der Waals surface area contributed by atoms with Crippen LogP contribution in [0.1, 0.15) is 11.4 Å². The zero-order chi connectivity index (χ0) is 9.14. The summed E-state index contributed by atoms with van der Waals surface area (Å²) in [6.07, 6.45) is 1.73. The molecule has 0 aliphatic heterocycles. The summed E-state index contributed by atoms with van der Waals surface area (Å²) in [6, 6.07) is 0. The first-order valence-electron chi connectivity index (χ1n) is 3.90. The monoisotopic (exact) mass is 166 g/mol. The van der Waals surface area contributed by atoms with Gasteiger partial charge in [0, 0.05) is 7.05 Å². The lowest BCUT2D eigenvalue weighted by molar-refractivity contribution is 0.357. The topological polar surface area (TPSA) is 27.1 Å². The van der Waals surface area contributed by atoms with E-state index in [0.29, 0.717) is 6.61 Å². The number of aryl methyl sites for hydroxylation is 2. The molecular formula is C9H14N2O. The third-order valence-corrected chi connectivity index (χ3v) is 1.79. The van der Waals surface area contributed by atoms with E-state index in [1.807, 2.05) is 25.6 Å². The fourth-order valence-corrected chi connectivity index (χ4v) is 1.11. The van der Waals surface area contributed by atoms with Crippen LogP contribution in [-0.4, -0.2) is 16.4 Å². The Hall–Kier alpha value is -1.25. The van der Waals surface area contributed by atoms with Crippen LogP contribution >= 0.6 is 0 Å². The molecule has 0 radical (unpaired) electrons. The lowest BCUT2D eigenvalue weighted by Crippen LogP contribution is -1.96. The van der Waals surface area contributed by atoms with Gasteiger partial charge < -0.3 is 4.74 Å². The summed E-state index contributed by atoms with van der Waals surface area (Å²) in [5.74, 6) is 0.873. The molecule has 0 fully saturated rings. The number of rotatable bonds is 3. The molecule has 3 heteroatoms. The number of aromatic nitrogens is 2. The summed E-state index contributed by atoms with van der Waals surface area (Å²) in [5.41, 5.74) is 1.98. The molecule has 1 heterocycles. The van der Waals surface area contributed by atoms with Crippen molar-refractivity contribution in [1.82, 2.24) is 9.78 Å². The van der Waals surface area contributed by atoms with Crippen LogP contribution in [0.2, 0.25) is 0 Å². The molecule has 0 spiro atoms. The van der Waals surface area contributed by atoms with Crippen molar-refractivity contribution in [1.29, 1.82) is 0 Å². The molecule has 66 valence electrons. The van der Waals surface area contributed by atoms with Crippen molar-refractivity contribution in [2.75, 3.05) is 6.61 Å². The average molecular weight is 166 g/mol. The smallest absolute Gasteiger partial charge is 0.163 e. The van der Waals surface area contributed by atoms with Gasteiger partial charge >= 0.3 is 0 Å². The highest BCUT2D eigenvalue weighted by atomic mass is 16.5. The molecule has 12 heavy (non-hydrogen) atoms. The second kappa shape index (κ2) is 3.43. The minimum atomic E-state index is 0.535. The molecule has 3 nitrogen and oxygen atoms in total. The molecule has 0 unspecified atom stereocenters. The largest absolute Gasteiger partial charge is 0.486 e. The van der Waals surface area contributed by atoms with Gasteiger partial charge in [-0.1, -0.05) is 12.7 Å². The molecule has 0 saturated heterocycles. The minimum absolute atomic E-state index is 0.535. The summed E-state index contributed by atoms with van der Waals surface area (Å²) < 4.78 is 7.25. The van der Waals surface area contributed by atoms with Gasteiger partial charge in [0.15, 0.2) is 5.75 Å². The van der Waals surface area contributed by atoms with Crippen LogP contribution in [0.15, 0.2) is 12.7 Å². The van der Waals surface area contributed by atoms with Gasteiger partial charge in [0.1, 0.15) is 12.3 Å². The van der Waals surface area contributed by atoms with Gasteiger partial charge in [0.2, 0.25) is 0 Å². The molecular weight excluding hydrogens is 152 g/mol. The Morgan fingerprint density at radius 1 is 1.58 bits per heavy atom.